The summed E-state index contributed by atoms with van der Waals surface area (Å²) < 4.78 is 0. The van der Waals surface area contributed by atoms with E-state index in [0.717, 1.165) is 5.82 Å². The fourth-order valence-corrected chi connectivity index (χ4v) is 2.25. The van der Waals surface area contributed by atoms with Gasteiger partial charge in [-0.05, 0) is 26.0 Å². The van der Waals surface area contributed by atoms with E-state index in [2.05, 4.69) is 9.88 Å². The van der Waals surface area contributed by atoms with Gasteiger partial charge >= 0.3 is 6.09 Å². The largest absolute Gasteiger partial charge is 0.465 e. The number of nitrogens with zero attached hydrogens (tertiary/aromatic N) is 3. The van der Waals surface area contributed by atoms with Gasteiger partial charge in [-0.2, -0.15) is 0 Å². The number of hydrogen-bond acceptors (Lipinski definition) is 3. The van der Waals surface area contributed by atoms with Crippen LogP contribution in [0.15, 0.2) is 24.4 Å². The Kier molecular flexibility index (Phi) is 2.92. The highest BCUT2D eigenvalue weighted by Crippen LogP contribution is 2.24. The highest BCUT2D eigenvalue weighted by molar-refractivity contribution is 5.66. The van der Waals surface area contributed by atoms with Gasteiger partial charge in [0, 0.05) is 25.8 Å². The van der Waals surface area contributed by atoms with Crippen molar-refractivity contribution in [3.8, 4) is 0 Å². The van der Waals surface area contributed by atoms with Crippen LogP contribution in [0.5, 0.6) is 0 Å². The Morgan fingerprint density at radius 1 is 1.41 bits per heavy atom. The van der Waals surface area contributed by atoms with Crippen LogP contribution in [0.2, 0.25) is 0 Å². The maximum atomic E-state index is 11.1. The Balaban J connectivity index is 2.15. The number of carboxylic acid groups (broad SMARTS) is 1. The van der Waals surface area contributed by atoms with Crippen LogP contribution in [0.25, 0.3) is 0 Å². The van der Waals surface area contributed by atoms with Crippen LogP contribution in [0.1, 0.15) is 13.8 Å². The van der Waals surface area contributed by atoms with Crippen LogP contribution in [-0.2, 0) is 0 Å². The Morgan fingerprint density at radius 3 is 2.71 bits per heavy atom. The number of piperazine rings is 1. The fraction of sp³-hybridized carbons (Fsp3) is 0.500. The van der Waals surface area contributed by atoms with Crippen molar-refractivity contribution in [2.45, 2.75) is 19.4 Å². The molecule has 0 atom stereocenters. The lowest BCUT2D eigenvalue weighted by Crippen LogP contribution is -2.61. The third-order valence-corrected chi connectivity index (χ3v) is 3.11. The lowest BCUT2D eigenvalue weighted by atomic mass is 9.99. The maximum Gasteiger partial charge on any atom is 0.407 e. The van der Waals surface area contributed by atoms with Crippen molar-refractivity contribution in [3.63, 3.8) is 0 Å². The fourth-order valence-electron chi connectivity index (χ4n) is 2.25. The van der Waals surface area contributed by atoms with Gasteiger partial charge in [-0.25, -0.2) is 9.78 Å². The number of rotatable bonds is 1. The molecule has 0 spiro atoms. The molecule has 0 radical (unpaired) electrons. The van der Waals surface area contributed by atoms with Gasteiger partial charge in [0.25, 0.3) is 0 Å². The molecule has 1 aliphatic heterocycles. The molecule has 0 saturated carbocycles. The molecule has 0 aromatic carbocycles. The van der Waals surface area contributed by atoms with Crippen molar-refractivity contribution >= 4 is 11.9 Å². The van der Waals surface area contributed by atoms with Gasteiger partial charge in [-0.15, -0.1) is 0 Å². The van der Waals surface area contributed by atoms with Crippen LogP contribution in [0, 0.1) is 0 Å². The van der Waals surface area contributed by atoms with Crippen molar-refractivity contribution in [1.29, 1.82) is 0 Å². The Morgan fingerprint density at radius 2 is 2.18 bits per heavy atom. The van der Waals surface area contributed by atoms with Crippen molar-refractivity contribution in [2.24, 2.45) is 0 Å². The van der Waals surface area contributed by atoms with E-state index in [1.54, 1.807) is 6.20 Å². The second kappa shape index (κ2) is 4.24. The summed E-state index contributed by atoms with van der Waals surface area (Å²) in [6.07, 6.45) is 0.905. The Labute approximate surface area is 101 Å². The molecule has 1 aromatic heterocycles. The highest BCUT2D eigenvalue weighted by Gasteiger charge is 2.37. The quantitative estimate of drug-likeness (QED) is 0.804. The average molecular weight is 235 g/mol. The molecule has 0 aliphatic carbocycles. The molecule has 0 unspecified atom stereocenters. The molecule has 1 fully saturated rings. The summed E-state index contributed by atoms with van der Waals surface area (Å²) in [5.41, 5.74) is -0.387. The smallest absolute Gasteiger partial charge is 0.407 e. The summed E-state index contributed by atoms with van der Waals surface area (Å²) in [6, 6.07) is 5.77. The second-order valence-corrected chi connectivity index (χ2v) is 4.86. The first-order valence-corrected chi connectivity index (χ1v) is 5.67. The number of amides is 1. The zero-order valence-corrected chi connectivity index (χ0v) is 10.1. The first-order chi connectivity index (χ1) is 8.00. The van der Waals surface area contributed by atoms with Crippen molar-refractivity contribution < 1.29 is 9.90 Å². The Hall–Kier alpha value is -1.78. The van der Waals surface area contributed by atoms with Gasteiger partial charge in [0.05, 0.1) is 5.54 Å². The maximum absolute atomic E-state index is 11.1. The molecule has 5 heteroatoms. The molecule has 1 aromatic rings. The lowest BCUT2D eigenvalue weighted by molar-refractivity contribution is 0.0843. The predicted molar refractivity (Wildman–Crippen MR) is 65.3 cm³/mol. The summed E-state index contributed by atoms with van der Waals surface area (Å²) >= 11 is 0. The van der Waals surface area contributed by atoms with Crippen molar-refractivity contribution in [1.82, 2.24) is 9.88 Å². The molecule has 1 N–H and O–H groups in total. The lowest BCUT2D eigenvalue weighted by Gasteiger charge is -2.46. The van der Waals surface area contributed by atoms with Crippen LogP contribution in [0.4, 0.5) is 10.6 Å². The number of anilines is 1. The molecular formula is C12H17N3O2. The predicted octanol–water partition coefficient (Wildman–Crippen LogP) is 1.66. The average Bonchev–Trinajstić information content (AvgIpc) is 2.28. The van der Waals surface area contributed by atoms with E-state index in [4.69, 9.17) is 5.11 Å². The SMILES string of the molecule is CC1(C)CN(c2ccccn2)CCN1C(=O)O. The number of aromatic nitrogens is 1. The van der Waals surface area contributed by atoms with Gasteiger partial charge in [0.15, 0.2) is 0 Å². The zero-order valence-electron chi connectivity index (χ0n) is 10.1. The molecule has 1 saturated heterocycles. The van der Waals surface area contributed by atoms with E-state index >= 15 is 0 Å². The van der Waals surface area contributed by atoms with E-state index in [1.807, 2.05) is 32.0 Å². The van der Waals surface area contributed by atoms with E-state index in [1.165, 1.54) is 4.90 Å². The molecule has 0 bridgehead atoms. The van der Waals surface area contributed by atoms with Crippen molar-refractivity contribution in [3.05, 3.63) is 24.4 Å². The number of pyridine rings is 1. The topological polar surface area (TPSA) is 56.7 Å². The highest BCUT2D eigenvalue weighted by atomic mass is 16.4. The minimum atomic E-state index is -0.851. The summed E-state index contributed by atoms with van der Waals surface area (Å²) in [5, 5.41) is 9.12. The third-order valence-electron chi connectivity index (χ3n) is 3.11. The summed E-state index contributed by atoms with van der Waals surface area (Å²) in [5.74, 6) is 0.908. The summed E-state index contributed by atoms with van der Waals surface area (Å²) in [7, 11) is 0. The van der Waals surface area contributed by atoms with Crippen LogP contribution in [-0.4, -0.2) is 46.3 Å². The molecule has 2 heterocycles. The molecule has 1 aliphatic rings. The minimum absolute atomic E-state index is 0.387. The summed E-state index contributed by atoms with van der Waals surface area (Å²) in [6.45, 7) is 5.74. The van der Waals surface area contributed by atoms with Crippen LogP contribution in [0.3, 0.4) is 0 Å². The third kappa shape index (κ3) is 2.33. The molecule has 1 amide bonds. The first-order valence-electron chi connectivity index (χ1n) is 5.67. The molecular weight excluding hydrogens is 218 g/mol. The molecule has 5 nitrogen and oxygen atoms in total. The number of hydrogen-bond donors (Lipinski definition) is 1. The van der Waals surface area contributed by atoms with E-state index < -0.39 is 6.09 Å². The second-order valence-electron chi connectivity index (χ2n) is 4.86. The van der Waals surface area contributed by atoms with Gasteiger partial charge < -0.3 is 10.0 Å². The Bertz CT molecular complexity index is 405. The van der Waals surface area contributed by atoms with Crippen molar-refractivity contribution in [2.75, 3.05) is 24.5 Å². The monoisotopic (exact) mass is 235 g/mol. The zero-order chi connectivity index (χ0) is 12.5. The van der Waals surface area contributed by atoms with Gasteiger partial charge in [-0.1, -0.05) is 6.07 Å². The number of carbonyl (C=O) groups is 1. The van der Waals surface area contributed by atoms with Crippen LogP contribution >= 0.6 is 0 Å². The van der Waals surface area contributed by atoms with E-state index in [-0.39, 0.29) is 5.54 Å². The normalized spacial score (nSPS) is 19.2. The van der Waals surface area contributed by atoms with Gasteiger partial charge in [0.1, 0.15) is 5.82 Å². The summed E-state index contributed by atoms with van der Waals surface area (Å²) in [4.78, 5) is 19.0. The van der Waals surface area contributed by atoms with E-state index in [9.17, 15) is 4.79 Å². The van der Waals surface area contributed by atoms with Crippen LogP contribution < -0.4 is 4.90 Å². The van der Waals surface area contributed by atoms with Gasteiger partial charge in [0.2, 0.25) is 0 Å². The molecule has 2 rings (SSSR count). The standard InChI is InChI=1S/C12H17N3O2/c1-12(2)9-14(7-8-15(12)11(16)17)10-5-3-4-6-13-10/h3-6H,7-9H2,1-2H3,(H,16,17). The van der Waals surface area contributed by atoms with E-state index in [0.29, 0.717) is 19.6 Å². The first kappa shape index (κ1) is 11.7. The minimum Gasteiger partial charge on any atom is -0.465 e. The molecule has 17 heavy (non-hydrogen) atoms. The molecule has 92 valence electrons. The van der Waals surface area contributed by atoms with Gasteiger partial charge in [-0.3, -0.25) is 4.90 Å².